The van der Waals surface area contributed by atoms with Crippen LogP contribution in [0.1, 0.15) is 47.0 Å². The molecule has 0 aliphatic carbocycles. The molecule has 0 spiro atoms. The Kier molecular flexibility index (Phi) is 8.01. The molecule has 0 aromatic carbocycles. The Labute approximate surface area is 145 Å². The van der Waals surface area contributed by atoms with Crippen molar-refractivity contribution in [2.45, 2.75) is 52.6 Å². The number of carbonyl (C=O) groups is 2. The molecule has 1 rings (SSSR count). The molecule has 0 aromatic heterocycles. The number of nitrogens with one attached hydrogen (secondary N) is 2. The molecule has 2 N–H and O–H groups in total. The van der Waals surface area contributed by atoms with E-state index in [9.17, 15) is 9.59 Å². The summed E-state index contributed by atoms with van der Waals surface area (Å²) in [6.45, 7) is 9.96. The Morgan fingerprint density at radius 1 is 1.25 bits per heavy atom. The van der Waals surface area contributed by atoms with E-state index in [4.69, 9.17) is 4.74 Å². The summed E-state index contributed by atoms with van der Waals surface area (Å²) in [5.41, 5.74) is -0.497. The van der Waals surface area contributed by atoms with E-state index in [1.165, 1.54) is 0 Å². The topological polar surface area (TPSA) is 83.0 Å². The van der Waals surface area contributed by atoms with Gasteiger partial charge in [0.25, 0.3) is 0 Å². The lowest BCUT2D eigenvalue weighted by molar-refractivity contribution is -0.152. The van der Waals surface area contributed by atoms with E-state index < -0.39 is 5.60 Å². The molecule has 1 fully saturated rings. The number of carbonyl (C=O) groups excluding carboxylic acids is 2. The molecule has 24 heavy (non-hydrogen) atoms. The summed E-state index contributed by atoms with van der Waals surface area (Å²) in [7, 11) is 1.67. The van der Waals surface area contributed by atoms with Gasteiger partial charge in [-0.05, 0) is 46.5 Å². The van der Waals surface area contributed by atoms with Crippen LogP contribution >= 0.6 is 0 Å². The first kappa shape index (κ1) is 20.3. The van der Waals surface area contributed by atoms with Crippen LogP contribution in [0.4, 0.5) is 0 Å². The van der Waals surface area contributed by atoms with E-state index in [0.29, 0.717) is 12.3 Å². The highest BCUT2D eigenvalue weighted by molar-refractivity contribution is 5.83. The van der Waals surface area contributed by atoms with Crippen molar-refractivity contribution in [2.75, 3.05) is 33.2 Å². The summed E-state index contributed by atoms with van der Waals surface area (Å²) < 4.78 is 5.29. The Morgan fingerprint density at radius 3 is 2.38 bits per heavy atom. The lowest BCUT2D eigenvalue weighted by atomic mass is 9.93. The molecule has 0 unspecified atom stereocenters. The molecule has 0 saturated carbocycles. The minimum absolute atomic E-state index is 0.0117. The second-order valence-electron chi connectivity index (χ2n) is 7.06. The van der Waals surface area contributed by atoms with Crippen molar-refractivity contribution in [2.24, 2.45) is 10.9 Å². The van der Waals surface area contributed by atoms with Crippen molar-refractivity contribution in [3.8, 4) is 0 Å². The smallest absolute Gasteiger partial charge is 0.328 e. The number of amides is 1. The molecule has 0 atom stereocenters. The monoisotopic (exact) mass is 340 g/mol. The third-order valence-electron chi connectivity index (χ3n) is 3.78. The minimum Gasteiger partial charge on any atom is -0.459 e. The molecule has 1 aliphatic rings. The van der Waals surface area contributed by atoms with E-state index in [1.807, 2.05) is 27.7 Å². The Balaban J connectivity index is 2.55. The van der Waals surface area contributed by atoms with E-state index >= 15 is 0 Å². The fraction of sp³-hybridized carbons (Fsp3) is 0.824. The number of piperidine rings is 1. The molecular formula is C17H32N4O3. The van der Waals surface area contributed by atoms with Crippen molar-refractivity contribution in [1.82, 2.24) is 15.5 Å². The Morgan fingerprint density at radius 2 is 1.88 bits per heavy atom. The summed E-state index contributed by atoms with van der Waals surface area (Å²) >= 11 is 0. The maximum Gasteiger partial charge on any atom is 0.328 e. The van der Waals surface area contributed by atoms with Crippen LogP contribution < -0.4 is 10.6 Å². The second-order valence-corrected chi connectivity index (χ2v) is 7.06. The fourth-order valence-electron chi connectivity index (χ4n) is 2.65. The highest BCUT2D eigenvalue weighted by Gasteiger charge is 2.23. The van der Waals surface area contributed by atoms with Crippen LogP contribution in [0.5, 0.6) is 0 Å². The third-order valence-corrected chi connectivity index (χ3v) is 3.78. The van der Waals surface area contributed by atoms with Crippen LogP contribution in [-0.4, -0.2) is 61.6 Å². The summed E-state index contributed by atoms with van der Waals surface area (Å²) in [4.78, 5) is 29.9. The molecule has 1 heterocycles. The molecule has 0 radical (unpaired) electrons. The highest BCUT2D eigenvalue weighted by Crippen LogP contribution is 2.20. The molecule has 1 amide bonds. The number of nitrogens with zero attached hydrogens (tertiary/aromatic N) is 2. The standard InChI is InChI=1S/C17H32N4O3/c1-6-19-16(20-12-15(23)24-17(2,3)4)21-9-7-13(8-10-21)11-14(22)18-5/h13H,6-12H2,1-5H3,(H,18,22)(H,19,20). The van der Waals surface area contributed by atoms with Crippen LogP contribution in [0, 0.1) is 5.92 Å². The largest absolute Gasteiger partial charge is 0.459 e. The van der Waals surface area contributed by atoms with Gasteiger partial charge in [0.15, 0.2) is 5.96 Å². The zero-order valence-electron chi connectivity index (χ0n) is 15.6. The lowest BCUT2D eigenvalue weighted by Crippen LogP contribution is -2.46. The minimum atomic E-state index is -0.497. The maximum atomic E-state index is 11.8. The van der Waals surface area contributed by atoms with Gasteiger partial charge in [-0.2, -0.15) is 0 Å². The van der Waals surface area contributed by atoms with Crippen LogP contribution in [0.15, 0.2) is 4.99 Å². The number of hydrogen-bond donors (Lipinski definition) is 2. The summed E-state index contributed by atoms with van der Waals surface area (Å²) in [6.07, 6.45) is 2.48. The number of likely N-dealkylation sites (tertiary alicyclic amines) is 1. The average molecular weight is 340 g/mol. The van der Waals surface area contributed by atoms with Crippen LogP contribution in [-0.2, 0) is 14.3 Å². The third kappa shape index (κ3) is 7.66. The van der Waals surface area contributed by atoms with Gasteiger partial charge in [-0.15, -0.1) is 0 Å². The first-order chi connectivity index (χ1) is 11.2. The van der Waals surface area contributed by atoms with Crippen molar-refractivity contribution in [1.29, 1.82) is 0 Å². The molecule has 7 nitrogen and oxygen atoms in total. The number of esters is 1. The zero-order chi connectivity index (χ0) is 18.2. The number of guanidine groups is 1. The van der Waals surface area contributed by atoms with Gasteiger partial charge in [0.2, 0.25) is 5.91 Å². The zero-order valence-corrected chi connectivity index (χ0v) is 15.6. The first-order valence-electron chi connectivity index (χ1n) is 8.70. The molecule has 1 aliphatic heterocycles. The maximum absolute atomic E-state index is 11.8. The van der Waals surface area contributed by atoms with Gasteiger partial charge >= 0.3 is 5.97 Å². The normalized spacial score (nSPS) is 16.7. The number of hydrogen-bond acceptors (Lipinski definition) is 4. The van der Waals surface area contributed by atoms with Gasteiger partial charge in [-0.25, -0.2) is 4.99 Å². The lowest BCUT2D eigenvalue weighted by Gasteiger charge is -2.34. The summed E-state index contributed by atoms with van der Waals surface area (Å²) in [6, 6.07) is 0. The van der Waals surface area contributed by atoms with Crippen molar-refractivity contribution in [3.05, 3.63) is 0 Å². The molecule has 0 aromatic rings. The van der Waals surface area contributed by atoms with Gasteiger partial charge in [-0.3, -0.25) is 9.59 Å². The van der Waals surface area contributed by atoms with E-state index in [1.54, 1.807) is 7.05 Å². The molecule has 0 bridgehead atoms. The molecule has 138 valence electrons. The molecule has 7 heteroatoms. The molecule has 1 saturated heterocycles. The average Bonchev–Trinajstić information content (AvgIpc) is 2.50. The quantitative estimate of drug-likeness (QED) is 0.445. The van der Waals surface area contributed by atoms with Crippen LogP contribution in [0.3, 0.4) is 0 Å². The van der Waals surface area contributed by atoms with Crippen LogP contribution in [0.2, 0.25) is 0 Å². The predicted octanol–water partition coefficient (Wildman–Crippen LogP) is 1.14. The fourth-order valence-corrected chi connectivity index (χ4v) is 2.65. The SMILES string of the molecule is CCNC(=NCC(=O)OC(C)(C)C)N1CCC(CC(=O)NC)CC1. The van der Waals surface area contributed by atoms with E-state index in [2.05, 4.69) is 20.5 Å². The Hall–Kier alpha value is -1.79. The van der Waals surface area contributed by atoms with Gasteiger partial charge in [0.05, 0.1) is 0 Å². The summed E-state index contributed by atoms with van der Waals surface area (Å²) in [5, 5.41) is 5.90. The van der Waals surface area contributed by atoms with E-state index in [-0.39, 0.29) is 18.4 Å². The molecular weight excluding hydrogens is 308 g/mol. The van der Waals surface area contributed by atoms with E-state index in [0.717, 1.165) is 38.4 Å². The van der Waals surface area contributed by atoms with Crippen molar-refractivity contribution >= 4 is 17.8 Å². The van der Waals surface area contributed by atoms with Gasteiger partial charge < -0.3 is 20.3 Å². The number of ether oxygens (including phenoxy) is 1. The predicted molar refractivity (Wildman–Crippen MR) is 94.8 cm³/mol. The van der Waals surface area contributed by atoms with Gasteiger partial charge in [0.1, 0.15) is 12.1 Å². The first-order valence-corrected chi connectivity index (χ1v) is 8.70. The number of rotatable bonds is 5. The number of aliphatic imine (C=N–C) groups is 1. The van der Waals surface area contributed by atoms with Gasteiger partial charge in [-0.1, -0.05) is 0 Å². The van der Waals surface area contributed by atoms with Gasteiger partial charge in [0, 0.05) is 33.1 Å². The van der Waals surface area contributed by atoms with Crippen molar-refractivity contribution < 1.29 is 14.3 Å². The van der Waals surface area contributed by atoms with Crippen molar-refractivity contribution in [3.63, 3.8) is 0 Å². The summed E-state index contributed by atoms with van der Waals surface area (Å²) in [5.74, 6) is 0.919. The highest BCUT2D eigenvalue weighted by atomic mass is 16.6. The van der Waals surface area contributed by atoms with Crippen LogP contribution in [0.25, 0.3) is 0 Å². The Bertz CT molecular complexity index is 449. The second kappa shape index (κ2) is 9.49.